The molecule has 0 radical (unpaired) electrons. The lowest BCUT2D eigenvalue weighted by atomic mass is 9.99. The first-order chi connectivity index (χ1) is 17.4. The van der Waals surface area contributed by atoms with Gasteiger partial charge in [-0.25, -0.2) is 8.42 Å². The highest BCUT2D eigenvalue weighted by Crippen LogP contribution is 2.28. The lowest BCUT2D eigenvalue weighted by Gasteiger charge is -2.23. The van der Waals surface area contributed by atoms with Crippen LogP contribution in [0, 0.1) is 0 Å². The topological polar surface area (TPSA) is 92.3 Å². The molecule has 0 heterocycles. The molecule has 0 aliphatic rings. The number of halogens is 1. The number of ketones is 1. The van der Waals surface area contributed by atoms with Crippen LogP contribution in [0.2, 0.25) is 5.02 Å². The van der Waals surface area contributed by atoms with Gasteiger partial charge in [-0.15, -0.1) is 0 Å². The number of nitrogens with one attached hydrogen (secondary N) is 2. The van der Waals surface area contributed by atoms with Crippen LogP contribution in [-0.2, 0) is 14.8 Å². The third-order valence-corrected chi connectivity index (χ3v) is 7.58. The van der Waals surface area contributed by atoms with E-state index in [0.29, 0.717) is 30.0 Å². The molecule has 2 rings (SSSR count). The van der Waals surface area contributed by atoms with E-state index in [9.17, 15) is 18.0 Å². The average Bonchev–Trinajstić information content (AvgIpc) is 2.83. The molecule has 9 heteroatoms. The van der Waals surface area contributed by atoms with E-state index in [0.717, 1.165) is 48.7 Å². The molecule has 1 amide bonds. The number of nitrogens with zero attached hydrogens (tertiary/aromatic N) is 1. The number of quaternary nitrogens is 1. The van der Waals surface area contributed by atoms with Crippen molar-refractivity contribution < 1.29 is 22.5 Å². The van der Waals surface area contributed by atoms with Crippen molar-refractivity contribution in [3.05, 3.63) is 53.1 Å². The van der Waals surface area contributed by atoms with Gasteiger partial charge in [0, 0.05) is 18.0 Å². The number of amides is 1. The molecule has 37 heavy (non-hydrogen) atoms. The molecule has 0 unspecified atom stereocenters. The lowest BCUT2D eigenvalue weighted by molar-refractivity contribution is -0.870. The number of hydrogen-bond donors (Lipinski definition) is 2. The molecule has 0 aliphatic carbocycles. The minimum atomic E-state index is -3.68. The molecular weight excluding hydrogens is 510 g/mol. The number of anilines is 1. The minimum Gasteiger partial charge on any atom is -0.349 e. The van der Waals surface area contributed by atoms with Crippen LogP contribution in [0.3, 0.4) is 0 Å². The van der Waals surface area contributed by atoms with E-state index in [1.807, 2.05) is 0 Å². The van der Waals surface area contributed by atoms with Crippen LogP contribution >= 0.6 is 11.6 Å². The smallest absolute Gasteiger partial charge is 0.292 e. The van der Waals surface area contributed by atoms with E-state index in [1.54, 1.807) is 42.5 Å². The second-order valence-electron chi connectivity index (χ2n) is 10.4. The Morgan fingerprint density at radius 1 is 0.865 bits per heavy atom. The van der Waals surface area contributed by atoms with Crippen molar-refractivity contribution >= 4 is 39.0 Å². The molecular formula is C28H41ClN3O4S+. The van der Waals surface area contributed by atoms with Gasteiger partial charge in [0.05, 0.1) is 44.7 Å². The number of Topliss-reactive ketones (excluding diaryl/α,β-unsaturated/α-hetero) is 1. The van der Waals surface area contributed by atoms with E-state index >= 15 is 0 Å². The Kier molecular flexibility index (Phi) is 12.1. The summed E-state index contributed by atoms with van der Waals surface area (Å²) < 4.78 is 28.9. The number of carbonyl (C=O) groups excluding carboxylic acids is 2. The van der Waals surface area contributed by atoms with Gasteiger partial charge in [0.25, 0.3) is 11.7 Å². The van der Waals surface area contributed by atoms with Gasteiger partial charge in [-0.1, -0.05) is 68.8 Å². The number of sulfonamides is 1. The first kappa shape index (κ1) is 30.8. The Bertz CT molecular complexity index is 1140. The van der Waals surface area contributed by atoms with Crippen LogP contribution in [0.5, 0.6) is 0 Å². The Hall–Kier alpha value is -2.42. The maximum atomic E-state index is 13.2. The van der Waals surface area contributed by atoms with Crippen LogP contribution in [0.15, 0.2) is 42.5 Å². The summed E-state index contributed by atoms with van der Waals surface area (Å²) >= 11 is 6.00. The van der Waals surface area contributed by atoms with Crippen molar-refractivity contribution in [2.45, 2.75) is 51.9 Å². The van der Waals surface area contributed by atoms with Gasteiger partial charge in [0.1, 0.15) is 0 Å². The SMILES string of the molecule is CCCCCCCCS(=O)(=O)Nc1ccc(-c2ccc(Cl)cc2)cc1C(=O)C(=O)NCCC[N+](C)(C)C. The van der Waals surface area contributed by atoms with Crippen LogP contribution in [0.25, 0.3) is 11.1 Å². The summed E-state index contributed by atoms with van der Waals surface area (Å²) in [7, 11) is 2.48. The van der Waals surface area contributed by atoms with Crippen molar-refractivity contribution in [3.8, 4) is 11.1 Å². The van der Waals surface area contributed by atoms with E-state index in [2.05, 4.69) is 38.1 Å². The quantitative estimate of drug-likeness (QED) is 0.125. The molecule has 204 valence electrons. The van der Waals surface area contributed by atoms with Gasteiger partial charge in [0.15, 0.2) is 0 Å². The molecule has 0 spiro atoms. The van der Waals surface area contributed by atoms with Crippen LogP contribution in [0.1, 0.15) is 62.2 Å². The van der Waals surface area contributed by atoms with Crippen LogP contribution < -0.4 is 10.0 Å². The van der Waals surface area contributed by atoms with E-state index in [4.69, 9.17) is 11.6 Å². The number of hydrogen-bond acceptors (Lipinski definition) is 4. The fourth-order valence-corrected chi connectivity index (χ4v) is 5.22. The molecule has 0 fully saturated rings. The van der Waals surface area contributed by atoms with Crippen molar-refractivity contribution in [1.82, 2.24) is 5.32 Å². The second kappa shape index (κ2) is 14.5. The number of rotatable bonds is 16. The third kappa shape index (κ3) is 11.2. The highest BCUT2D eigenvalue weighted by molar-refractivity contribution is 7.92. The molecule has 0 saturated heterocycles. The zero-order valence-electron chi connectivity index (χ0n) is 22.5. The Balaban J connectivity index is 2.21. The van der Waals surface area contributed by atoms with E-state index in [1.165, 1.54) is 0 Å². The average molecular weight is 551 g/mol. The van der Waals surface area contributed by atoms with Gasteiger partial charge in [-0.3, -0.25) is 14.3 Å². The van der Waals surface area contributed by atoms with Gasteiger partial charge in [0.2, 0.25) is 10.0 Å². The molecule has 0 atom stereocenters. The largest absolute Gasteiger partial charge is 0.349 e. The summed E-state index contributed by atoms with van der Waals surface area (Å²) in [6.07, 6.45) is 6.46. The molecule has 2 N–H and O–H groups in total. The van der Waals surface area contributed by atoms with Crippen LogP contribution in [0.4, 0.5) is 5.69 Å². The summed E-state index contributed by atoms with van der Waals surface area (Å²) in [5, 5.41) is 3.25. The highest BCUT2D eigenvalue weighted by atomic mass is 35.5. The molecule has 2 aromatic rings. The Labute approximate surface area is 227 Å². The Morgan fingerprint density at radius 2 is 1.49 bits per heavy atom. The molecule has 2 aromatic carbocycles. The van der Waals surface area contributed by atoms with Gasteiger partial charge >= 0.3 is 0 Å². The molecule has 7 nitrogen and oxygen atoms in total. The van der Waals surface area contributed by atoms with Gasteiger partial charge in [-0.2, -0.15) is 0 Å². The molecule has 0 aliphatic heterocycles. The van der Waals surface area contributed by atoms with Crippen molar-refractivity contribution in [2.75, 3.05) is 44.7 Å². The molecule has 0 aromatic heterocycles. The number of carbonyl (C=O) groups is 2. The van der Waals surface area contributed by atoms with Crippen molar-refractivity contribution in [3.63, 3.8) is 0 Å². The van der Waals surface area contributed by atoms with E-state index < -0.39 is 21.7 Å². The van der Waals surface area contributed by atoms with E-state index in [-0.39, 0.29) is 17.0 Å². The normalized spacial score (nSPS) is 11.8. The summed E-state index contributed by atoms with van der Waals surface area (Å²) in [5.41, 5.74) is 1.60. The third-order valence-electron chi connectivity index (χ3n) is 5.97. The standard InChI is InChI=1S/C28H40ClN3O4S/c1-5-6-7-8-9-10-20-37(35,36)31-26-17-14-23(22-12-15-24(29)16-13-22)21-25(26)27(33)28(34)30-18-11-19-32(2,3)4/h12-17,21H,5-11,18-20H2,1-4H3,(H-,30,31,33,34)/p+1. The fourth-order valence-electron chi connectivity index (χ4n) is 3.89. The summed E-state index contributed by atoms with van der Waals surface area (Å²) in [6.45, 7) is 3.33. The summed E-state index contributed by atoms with van der Waals surface area (Å²) in [4.78, 5) is 25.9. The Morgan fingerprint density at radius 3 is 2.14 bits per heavy atom. The highest BCUT2D eigenvalue weighted by Gasteiger charge is 2.23. The van der Waals surface area contributed by atoms with Crippen molar-refractivity contribution in [1.29, 1.82) is 0 Å². The predicted molar refractivity (Wildman–Crippen MR) is 153 cm³/mol. The molecule has 0 bridgehead atoms. The van der Waals surface area contributed by atoms with Crippen LogP contribution in [-0.4, -0.2) is 64.6 Å². The first-order valence-electron chi connectivity index (χ1n) is 13.0. The summed E-state index contributed by atoms with van der Waals surface area (Å²) in [6, 6.07) is 11.9. The van der Waals surface area contributed by atoms with Crippen molar-refractivity contribution in [2.24, 2.45) is 0 Å². The maximum Gasteiger partial charge on any atom is 0.292 e. The predicted octanol–water partition coefficient (Wildman–Crippen LogP) is 5.50. The maximum absolute atomic E-state index is 13.2. The monoisotopic (exact) mass is 550 g/mol. The number of benzene rings is 2. The number of unbranched alkanes of at least 4 members (excludes halogenated alkanes) is 5. The summed E-state index contributed by atoms with van der Waals surface area (Å²) in [5.74, 6) is -1.58. The molecule has 0 saturated carbocycles. The fraction of sp³-hybridized carbons (Fsp3) is 0.500. The zero-order valence-corrected chi connectivity index (χ0v) is 24.1. The lowest BCUT2D eigenvalue weighted by Crippen LogP contribution is -2.38. The van der Waals surface area contributed by atoms with Gasteiger partial charge in [-0.05, 0) is 41.8 Å². The first-order valence-corrected chi connectivity index (χ1v) is 15.0. The second-order valence-corrected chi connectivity index (χ2v) is 12.7. The minimum absolute atomic E-state index is 0.0167. The zero-order chi connectivity index (χ0) is 27.5. The van der Waals surface area contributed by atoms with Gasteiger partial charge < -0.3 is 9.80 Å².